The molecule has 1 heterocycles. The minimum atomic E-state index is -0.228. The second kappa shape index (κ2) is 8.54. The molecule has 1 aliphatic carbocycles. The predicted molar refractivity (Wildman–Crippen MR) is 104 cm³/mol. The van der Waals surface area contributed by atoms with Gasteiger partial charge in [-0.3, -0.25) is 20.4 Å². The molecule has 6 heteroatoms. The van der Waals surface area contributed by atoms with Crippen LogP contribution in [0.2, 0.25) is 0 Å². The fraction of sp³-hybridized carbons (Fsp3) is 0.368. The normalized spacial score (nSPS) is 16.1. The number of thiophene rings is 1. The maximum Gasteiger partial charge on any atom is 0.279 e. The number of rotatable bonds is 5. The SMILES string of the molecule is C[C@@H]1CCc2sc(C(=O)NNC(=O)CSCc3ccccc3)cc2C1. The highest BCUT2D eigenvalue weighted by molar-refractivity contribution is 7.99. The number of aryl methyl sites for hydroxylation is 1. The molecule has 0 fully saturated rings. The number of hydrogen-bond acceptors (Lipinski definition) is 4. The average Bonchev–Trinajstić information content (AvgIpc) is 3.04. The number of fused-ring (bicyclic) bond motifs is 1. The van der Waals surface area contributed by atoms with Gasteiger partial charge in [0.2, 0.25) is 5.91 Å². The van der Waals surface area contributed by atoms with Gasteiger partial charge in [-0.2, -0.15) is 0 Å². The van der Waals surface area contributed by atoms with Crippen LogP contribution in [-0.4, -0.2) is 17.6 Å². The second-order valence-corrected chi connectivity index (χ2v) is 8.51. The highest BCUT2D eigenvalue weighted by atomic mass is 32.2. The molecule has 0 radical (unpaired) electrons. The van der Waals surface area contributed by atoms with Gasteiger partial charge in [0.25, 0.3) is 5.91 Å². The van der Waals surface area contributed by atoms with E-state index in [4.69, 9.17) is 0 Å². The molecular weight excluding hydrogens is 352 g/mol. The first kappa shape index (κ1) is 18.0. The summed E-state index contributed by atoms with van der Waals surface area (Å²) in [5, 5.41) is 0. The molecule has 0 saturated heterocycles. The Hall–Kier alpha value is -1.79. The molecular formula is C19H22N2O2S2. The fourth-order valence-electron chi connectivity index (χ4n) is 2.88. The van der Waals surface area contributed by atoms with E-state index in [1.807, 2.05) is 36.4 Å². The summed E-state index contributed by atoms with van der Waals surface area (Å²) in [7, 11) is 0. The molecule has 1 aliphatic rings. The maximum atomic E-state index is 12.2. The third-order valence-corrected chi connectivity index (χ3v) is 6.45. The smallest absolute Gasteiger partial charge is 0.272 e. The summed E-state index contributed by atoms with van der Waals surface area (Å²) in [5.74, 6) is 1.35. The first-order chi connectivity index (χ1) is 12.1. The molecule has 0 bridgehead atoms. The van der Waals surface area contributed by atoms with Crippen molar-refractivity contribution in [2.24, 2.45) is 5.92 Å². The summed E-state index contributed by atoms with van der Waals surface area (Å²) >= 11 is 3.07. The molecule has 2 N–H and O–H groups in total. The monoisotopic (exact) mass is 374 g/mol. The number of amides is 2. The van der Waals surface area contributed by atoms with E-state index in [2.05, 4.69) is 17.8 Å². The Kier molecular flexibility index (Phi) is 6.15. The molecule has 0 saturated carbocycles. The number of nitrogens with one attached hydrogen (secondary N) is 2. The molecule has 1 aromatic heterocycles. The zero-order valence-electron chi connectivity index (χ0n) is 14.2. The van der Waals surface area contributed by atoms with Gasteiger partial charge in [0.1, 0.15) is 0 Å². The van der Waals surface area contributed by atoms with Gasteiger partial charge in [-0.05, 0) is 42.4 Å². The first-order valence-electron chi connectivity index (χ1n) is 8.44. The van der Waals surface area contributed by atoms with Crippen molar-refractivity contribution < 1.29 is 9.59 Å². The highest BCUT2D eigenvalue weighted by Gasteiger charge is 2.20. The Bertz CT molecular complexity index is 743. The highest BCUT2D eigenvalue weighted by Crippen LogP contribution is 2.32. The fourth-order valence-corrected chi connectivity index (χ4v) is 4.77. The van der Waals surface area contributed by atoms with Crippen LogP contribution in [0.1, 0.15) is 39.0 Å². The van der Waals surface area contributed by atoms with E-state index in [1.165, 1.54) is 34.2 Å². The van der Waals surface area contributed by atoms with Crippen LogP contribution in [0.25, 0.3) is 0 Å². The molecule has 0 spiro atoms. The van der Waals surface area contributed by atoms with Crippen molar-refractivity contribution in [3.05, 3.63) is 57.3 Å². The van der Waals surface area contributed by atoms with Crippen molar-refractivity contribution in [3.63, 3.8) is 0 Å². The van der Waals surface area contributed by atoms with E-state index in [0.717, 1.165) is 18.6 Å². The standard InChI is InChI=1S/C19H22N2O2S2/c1-13-7-8-16-15(9-13)10-17(25-16)19(23)21-20-18(22)12-24-11-14-5-3-2-4-6-14/h2-6,10,13H,7-9,11-12H2,1H3,(H,20,22)(H,21,23)/t13-/m1/s1. The summed E-state index contributed by atoms with van der Waals surface area (Å²) in [5.41, 5.74) is 7.50. The number of thioether (sulfide) groups is 1. The lowest BCUT2D eigenvalue weighted by Gasteiger charge is -2.16. The Morgan fingerprint density at radius 2 is 2.04 bits per heavy atom. The lowest BCUT2D eigenvalue weighted by molar-refractivity contribution is -0.119. The number of carbonyl (C=O) groups excluding carboxylic acids is 2. The summed E-state index contributed by atoms with van der Waals surface area (Å²) in [4.78, 5) is 26.1. The van der Waals surface area contributed by atoms with Gasteiger partial charge in [-0.25, -0.2) is 0 Å². The van der Waals surface area contributed by atoms with Gasteiger partial charge >= 0.3 is 0 Å². The minimum Gasteiger partial charge on any atom is -0.272 e. The lowest BCUT2D eigenvalue weighted by Crippen LogP contribution is -2.42. The van der Waals surface area contributed by atoms with Gasteiger partial charge in [0.05, 0.1) is 10.6 Å². The van der Waals surface area contributed by atoms with E-state index in [1.54, 1.807) is 11.3 Å². The number of hydrogen-bond donors (Lipinski definition) is 2. The largest absolute Gasteiger partial charge is 0.279 e. The second-order valence-electron chi connectivity index (χ2n) is 6.39. The van der Waals surface area contributed by atoms with E-state index < -0.39 is 0 Å². The molecule has 2 aromatic rings. The third-order valence-electron chi connectivity index (χ3n) is 4.21. The lowest BCUT2D eigenvalue weighted by atomic mass is 9.90. The van der Waals surface area contributed by atoms with E-state index in [0.29, 0.717) is 16.5 Å². The van der Waals surface area contributed by atoms with Crippen LogP contribution in [0.3, 0.4) is 0 Å². The maximum absolute atomic E-state index is 12.2. The molecule has 2 amide bonds. The van der Waals surface area contributed by atoms with Gasteiger partial charge in [-0.1, -0.05) is 37.3 Å². The van der Waals surface area contributed by atoms with Crippen LogP contribution in [0.15, 0.2) is 36.4 Å². The molecule has 25 heavy (non-hydrogen) atoms. The number of carbonyl (C=O) groups is 2. The molecule has 4 nitrogen and oxygen atoms in total. The van der Waals surface area contributed by atoms with Crippen molar-refractivity contribution in [3.8, 4) is 0 Å². The van der Waals surface area contributed by atoms with Crippen molar-refractivity contribution in [2.45, 2.75) is 31.9 Å². The van der Waals surface area contributed by atoms with Crippen LogP contribution in [0.4, 0.5) is 0 Å². The first-order valence-corrected chi connectivity index (χ1v) is 10.4. The minimum absolute atomic E-state index is 0.191. The van der Waals surface area contributed by atoms with Crippen LogP contribution in [0.5, 0.6) is 0 Å². The molecule has 0 unspecified atom stereocenters. The van der Waals surface area contributed by atoms with E-state index >= 15 is 0 Å². The van der Waals surface area contributed by atoms with Gasteiger partial charge in [-0.15, -0.1) is 23.1 Å². The van der Waals surface area contributed by atoms with Gasteiger partial charge < -0.3 is 0 Å². The van der Waals surface area contributed by atoms with E-state index in [9.17, 15) is 9.59 Å². The number of benzene rings is 1. The quantitative estimate of drug-likeness (QED) is 0.787. The summed E-state index contributed by atoms with van der Waals surface area (Å²) in [6.07, 6.45) is 3.28. The van der Waals surface area contributed by atoms with Crippen molar-refractivity contribution in [1.82, 2.24) is 10.9 Å². The Morgan fingerprint density at radius 1 is 1.24 bits per heavy atom. The van der Waals surface area contributed by atoms with Crippen LogP contribution < -0.4 is 10.9 Å². The molecule has 3 rings (SSSR count). The molecule has 0 aliphatic heterocycles. The Balaban J connectivity index is 1.42. The average molecular weight is 375 g/mol. The van der Waals surface area contributed by atoms with E-state index in [-0.39, 0.29) is 11.8 Å². The number of hydrazine groups is 1. The van der Waals surface area contributed by atoms with Crippen LogP contribution in [0, 0.1) is 5.92 Å². The van der Waals surface area contributed by atoms with Crippen LogP contribution >= 0.6 is 23.1 Å². The zero-order valence-corrected chi connectivity index (χ0v) is 15.8. The summed E-state index contributed by atoms with van der Waals surface area (Å²) in [6, 6.07) is 12.0. The Labute approximate surface area is 156 Å². The summed E-state index contributed by atoms with van der Waals surface area (Å²) in [6.45, 7) is 2.24. The van der Waals surface area contributed by atoms with Crippen molar-refractivity contribution in [2.75, 3.05) is 5.75 Å². The van der Waals surface area contributed by atoms with Crippen LogP contribution in [-0.2, 0) is 23.4 Å². The van der Waals surface area contributed by atoms with Gasteiger partial charge in [0.15, 0.2) is 0 Å². The van der Waals surface area contributed by atoms with Crippen molar-refractivity contribution >= 4 is 34.9 Å². The molecule has 1 atom stereocenters. The van der Waals surface area contributed by atoms with Crippen molar-refractivity contribution in [1.29, 1.82) is 0 Å². The third kappa shape index (κ3) is 5.09. The molecule has 132 valence electrons. The zero-order chi connectivity index (χ0) is 17.6. The molecule has 1 aromatic carbocycles. The Morgan fingerprint density at radius 3 is 2.84 bits per heavy atom. The topological polar surface area (TPSA) is 58.2 Å². The summed E-state index contributed by atoms with van der Waals surface area (Å²) < 4.78 is 0. The predicted octanol–water partition coefficient (Wildman–Crippen LogP) is 3.57. The van der Waals surface area contributed by atoms with Gasteiger partial charge in [0, 0.05) is 10.6 Å².